The van der Waals surface area contributed by atoms with Gasteiger partial charge in [0, 0.05) is 26.0 Å². The molecule has 0 aliphatic carbocycles. The first kappa shape index (κ1) is 14.6. The van der Waals surface area contributed by atoms with Crippen molar-refractivity contribution in [2.75, 3.05) is 19.8 Å². The lowest BCUT2D eigenvalue weighted by Gasteiger charge is -2.07. The Labute approximate surface area is 107 Å². The average molecular weight is 254 g/mol. The van der Waals surface area contributed by atoms with Crippen LogP contribution >= 0.6 is 0 Å². The monoisotopic (exact) mass is 254 g/mol. The molecule has 1 N–H and O–H groups in total. The van der Waals surface area contributed by atoms with Crippen LogP contribution in [0.4, 0.5) is 4.39 Å². The van der Waals surface area contributed by atoms with Crippen molar-refractivity contribution in [3.05, 3.63) is 29.8 Å². The number of carbonyl (C=O) groups is 1. The van der Waals surface area contributed by atoms with Crippen molar-refractivity contribution >= 4 is 5.91 Å². The van der Waals surface area contributed by atoms with Crippen molar-refractivity contribution in [1.29, 1.82) is 0 Å². The van der Waals surface area contributed by atoms with E-state index in [1.54, 1.807) is 0 Å². The Balaban J connectivity index is 2.16. The maximum absolute atomic E-state index is 12.5. The molecule has 4 nitrogen and oxygen atoms in total. The molecule has 0 saturated carbocycles. The fourth-order valence-electron chi connectivity index (χ4n) is 1.31. The third-order valence-electron chi connectivity index (χ3n) is 2.19. The number of nitrogens with one attached hydrogen (secondary N) is 1. The lowest BCUT2D eigenvalue weighted by atomic mass is 10.2. The van der Waals surface area contributed by atoms with E-state index in [0.717, 1.165) is 13.0 Å². The summed E-state index contributed by atoms with van der Waals surface area (Å²) in [7, 11) is 0. The number of amides is 1. The molecule has 0 spiro atoms. The van der Waals surface area contributed by atoms with Crippen molar-refractivity contribution in [2.24, 2.45) is 5.92 Å². The Morgan fingerprint density at radius 1 is 1.50 bits per heavy atom. The first-order chi connectivity index (χ1) is 8.59. The van der Waals surface area contributed by atoms with E-state index in [1.807, 2.05) is 0 Å². The van der Waals surface area contributed by atoms with Crippen LogP contribution < -0.4 is 5.32 Å². The van der Waals surface area contributed by atoms with Gasteiger partial charge in [-0.15, -0.1) is 0 Å². The Kier molecular flexibility index (Phi) is 6.28. The molecule has 1 amide bonds. The molecule has 5 heteroatoms. The molecule has 1 aromatic heterocycles. The molecule has 1 rings (SSSR count). The van der Waals surface area contributed by atoms with Crippen molar-refractivity contribution in [3.63, 3.8) is 0 Å². The van der Waals surface area contributed by atoms with Gasteiger partial charge in [0.2, 0.25) is 5.95 Å². The normalized spacial score (nSPS) is 10.7. The fourth-order valence-corrected chi connectivity index (χ4v) is 1.31. The molecule has 0 atom stereocenters. The fraction of sp³-hybridized carbons (Fsp3) is 0.538. The number of halogens is 1. The summed E-state index contributed by atoms with van der Waals surface area (Å²) >= 11 is 0. The summed E-state index contributed by atoms with van der Waals surface area (Å²) in [6, 6.07) is 2.58. The van der Waals surface area contributed by atoms with Crippen LogP contribution in [0.2, 0.25) is 0 Å². The summed E-state index contributed by atoms with van der Waals surface area (Å²) in [5.41, 5.74) is 0.361. The van der Waals surface area contributed by atoms with E-state index in [2.05, 4.69) is 24.1 Å². The van der Waals surface area contributed by atoms with Crippen molar-refractivity contribution in [2.45, 2.75) is 20.3 Å². The SMILES string of the molecule is CC(C)COCCCNC(=O)c1ccc(F)nc1. The largest absolute Gasteiger partial charge is 0.381 e. The lowest BCUT2D eigenvalue weighted by molar-refractivity contribution is 0.0924. The molecule has 0 fully saturated rings. The third-order valence-corrected chi connectivity index (χ3v) is 2.19. The smallest absolute Gasteiger partial charge is 0.252 e. The Hall–Kier alpha value is -1.49. The van der Waals surface area contributed by atoms with E-state index in [-0.39, 0.29) is 5.91 Å². The van der Waals surface area contributed by atoms with E-state index in [1.165, 1.54) is 18.3 Å². The second-order valence-corrected chi connectivity index (χ2v) is 4.45. The Morgan fingerprint density at radius 2 is 2.28 bits per heavy atom. The van der Waals surface area contributed by atoms with Gasteiger partial charge >= 0.3 is 0 Å². The van der Waals surface area contributed by atoms with Gasteiger partial charge in [-0.1, -0.05) is 13.8 Å². The van der Waals surface area contributed by atoms with Gasteiger partial charge in [0.05, 0.1) is 5.56 Å². The van der Waals surface area contributed by atoms with Crippen LogP contribution in [0.15, 0.2) is 18.3 Å². The first-order valence-electron chi connectivity index (χ1n) is 6.07. The molecule has 18 heavy (non-hydrogen) atoms. The number of nitrogens with zero attached hydrogens (tertiary/aromatic N) is 1. The summed E-state index contributed by atoms with van der Waals surface area (Å²) < 4.78 is 17.9. The number of pyridine rings is 1. The van der Waals surface area contributed by atoms with E-state index in [9.17, 15) is 9.18 Å². The second kappa shape index (κ2) is 7.76. The molecule has 0 aromatic carbocycles. The predicted molar refractivity (Wildman–Crippen MR) is 66.8 cm³/mol. The van der Waals surface area contributed by atoms with Gasteiger partial charge in [-0.3, -0.25) is 4.79 Å². The molecule has 1 aromatic rings. The van der Waals surface area contributed by atoms with E-state index >= 15 is 0 Å². The maximum atomic E-state index is 12.5. The minimum Gasteiger partial charge on any atom is -0.381 e. The molecule has 0 aliphatic rings. The summed E-state index contributed by atoms with van der Waals surface area (Å²) in [5, 5.41) is 2.73. The molecule has 0 unspecified atom stereocenters. The molecule has 0 aliphatic heterocycles. The summed E-state index contributed by atoms with van der Waals surface area (Å²) in [4.78, 5) is 15.0. The van der Waals surface area contributed by atoms with Crippen LogP contribution in [0.5, 0.6) is 0 Å². The molecule has 0 radical (unpaired) electrons. The minimum atomic E-state index is -0.589. The summed E-state index contributed by atoms with van der Waals surface area (Å²) in [5.74, 6) is -0.315. The van der Waals surface area contributed by atoms with Crippen molar-refractivity contribution in [3.8, 4) is 0 Å². The van der Waals surface area contributed by atoms with Crippen LogP contribution in [0.3, 0.4) is 0 Å². The number of hydrogen-bond donors (Lipinski definition) is 1. The molecule has 1 heterocycles. The number of carbonyl (C=O) groups excluding carboxylic acids is 1. The first-order valence-corrected chi connectivity index (χ1v) is 6.07. The zero-order valence-corrected chi connectivity index (χ0v) is 10.8. The predicted octanol–water partition coefficient (Wildman–Crippen LogP) is 2.01. The Bertz CT molecular complexity index is 366. The highest BCUT2D eigenvalue weighted by atomic mass is 19.1. The van der Waals surface area contributed by atoms with Crippen molar-refractivity contribution in [1.82, 2.24) is 10.3 Å². The Morgan fingerprint density at radius 3 is 2.89 bits per heavy atom. The molecule has 0 bridgehead atoms. The standard InChI is InChI=1S/C13H19FN2O2/c1-10(2)9-18-7-3-6-15-13(17)11-4-5-12(14)16-8-11/h4-5,8,10H,3,6-7,9H2,1-2H3,(H,15,17). The highest BCUT2D eigenvalue weighted by molar-refractivity contribution is 5.93. The van der Waals surface area contributed by atoms with Gasteiger partial charge in [-0.05, 0) is 24.5 Å². The van der Waals surface area contributed by atoms with Gasteiger partial charge in [-0.25, -0.2) is 4.98 Å². The van der Waals surface area contributed by atoms with E-state index in [4.69, 9.17) is 4.74 Å². The zero-order chi connectivity index (χ0) is 13.4. The number of aromatic nitrogens is 1. The van der Waals surface area contributed by atoms with Crippen LogP contribution in [-0.4, -0.2) is 30.6 Å². The topological polar surface area (TPSA) is 51.2 Å². The van der Waals surface area contributed by atoms with Gasteiger partial charge in [-0.2, -0.15) is 4.39 Å². The highest BCUT2D eigenvalue weighted by Crippen LogP contribution is 1.99. The second-order valence-electron chi connectivity index (χ2n) is 4.45. The van der Waals surface area contributed by atoms with Gasteiger partial charge in [0.1, 0.15) is 0 Å². The molecule has 0 saturated heterocycles. The molecular weight excluding hydrogens is 235 g/mol. The van der Waals surface area contributed by atoms with Crippen LogP contribution in [0, 0.1) is 11.9 Å². The lowest BCUT2D eigenvalue weighted by Crippen LogP contribution is -2.25. The third kappa shape index (κ3) is 5.72. The minimum absolute atomic E-state index is 0.244. The highest BCUT2D eigenvalue weighted by Gasteiger charge is 2.05. The summed E-state index contributed by atoms with van der Waals surface area (Å²) in [6.45, 7) is 6.07. The van der Waals surface area contributed by atoms with E-state index < -0.39 is 5.95 Å². The summed E-state index contributed by atoms with van der Waals surface area (Å²) in [6.07, 6.45) is 1.98. The van der Waals surface area contributed by atoms with Crippen LogP contribution in [0.1, 0.15) is 30.6 Å². The maximum Gasteiger partial charge on any atom is 0.252 e. The number of rotatable bonds is 7. The van der Waals surface area contributed by atoms with Gasteiger partial charge < -0.3 is 10.1 Å². The zero-order valence-electron chi connectivity index (χ0n) is 10.8. The molecule has 100 valence electrons. The number of hydrogen-bond acceptors (Lipinski definition) is 3. The quantitative estimate of drug-likeness (QED) is 0.598. The van der Waals surface area contributed by atoms with Crippen molar-refractivity contribution < 1.29 is 13.9 Å². The van der Waals surface area contributed by atoms with Crippen LogP contribution in [0.25, 0.3) is 0 Å². The van der Waals surface area contributed by atoms with Crippen LogP contribution in [-0.2, 0) is 4.74 Å². The van der Waals surface area contributed by atoms with Gasteiger partial charge in [0.25, 0.3) is 5.91 Å². The average Bonchev–Trinajstić information content (AvgIpc) is 2.34. The van der Waals surface area contributed by atoms with E-state index in [0.29, 0.717) is 24.6 Å². The number of ether oxygens (including phenoxy) is 1. The molecular formula is C13H19FN2O2. The van der Waals surface area contributed by atoms with Gasteiger partial charge in [0.15, 0.2) is 0 Å².